The van der Waals surface area contributed by atoms with Crippen LogP contribution < -0.4 is 4.90 Å². The molecule has 0 aromatic carbocycles. The molecule has 0 aliphatic carbocycles. The monoisotopic (exact) mass is 404 g/mol. The highest BCUT2D eigenvalue weighted by Crippen LogP contribution is 2.34. The number of pyridine rings is 2. The molecule has 2 aliphatic heterocycles. The summed E-state index contributed by atoms with van der Waals surface area (Å²) in [7, 11) is 0. The minimum Gasteiger partial charge on any atom is -0.378 e. The molecule has 5 rings (SSSR count). The first-order valence-electron chi connectivity index (χ1n) is 9.52. The van der Waals surface area contributed by atoms with E-state index >= 15 is 0 Å². The predicted molar refractivity (Wildman–Crippen MR) is 117 cm³/mol. The van der Waals surface area contributed by atoms with Crippen LogP contribution in [0, 0.1) is 0 Å². The third kappa shape index (κ3) is 3.49. The van der Waals surface area contributed by atoms with Gasteiger partial charge in [0, 0.05) is 54.4 Å². The van der Waals surface area contributed by atoms with Crippen molar-refractivity contribution >= 4 is 40.3 Å². The van der Waals surface area contributed by atoms with Gasteiger partial charge in [-0.2, -0.15) is 0 Å². The number of aliphatic imine (C=N–C) groups is 1. The molecule has 0 N–H and O–H groups in total. The summed E-state index contributed by atoms with van der Waals surface area (Å²) in [4.78, 5) is 25.2. The molecule has 29 heavy (non-hydrogen) atoms. The van der Waals surface area contributed by atoms with Gasteiger partial charge in [0.2, 0.25) is 0 Å². The SMILES string of the molecule is CSc1ncc(-c2cc(N3CCOCC3)nc3c(C4=CC=NC4)nccc23)cn1. The fourth-order valence-electron chi connectivity index (χ4n) is 3.63. The number of hydrogen-bond acceptors (Lipinski definition) is 8. The summed E-state index contributed by atoms with van der Waals surface area (Å²) in [5.74, 6) is 0.929. The lowest BCUT2D eigenvalue weighted by Gasteiger charge is -2.28. The number of hydrogen-bond donors (Lipinski definition) is 0. The zero-order valence-corrected chi connectivity index (χ0v) is 16.9. The molecule has 7 nitrogen and oxygen atoms in total. The Morgan fingerprint density at radius 1 is 1.10 bits per heavy atom. The Labute approximate surface area is 173 Å². The number of rotatable bonds is 4. The van der Waals surface area contributed by atoms with E-state index in [9.17, 15) is 0 Å². The Morgan fingerprint density at radius 2 is 1.93 bits per heavy atom. The quantitative estimate of drug-likeness (QED) is 0.488. The summed E-state index contributed by atoms with van der Waals surface area (Å²) in [6, 6.07) is 4.15. The number of thioether (sulfide) groups is 1. The maximum Gasteiger partial charge on any atom is 0.187 e. The summed E-state index contributed by atoms with van der Waals surface area (Å²) < 4.78 is 5.52. The van der Waals surface area contributed by atoms with E-state index in [1.807, 2.05) is 43.2 Å². The van der Waals surface area contributed by atoms with Gasteiger partial charge in [0.05, 0.1) is 31.0 Å². The second-order valence-corrected chi connectivity index (χ2v) is 7.60. The Morgan fingerprint density at radius 3 is 2.66 bits per heavy atom. The van der Waals surface area contributed by atoms with E-state index in [-0.39, 0.29) is 0 Å². The number of anilines is 1. The lowest BCUT2D eigenvalue weighted by atomic mass is 10.0. The molecular formula is C21H20N6OS. The lowest BCUT2D eigenvalue weighted by Crippen LogP contribution is -2.36. The van der Waals surface area contributed by atoms with Crippen LogP contribution in [-0.2, 0) is 4.74 Å². The molecule has 146 valence electrons. The van der Waals surface area contributed by atoms with Crippen LogP contribution in [0.2, 0.25) is 0 Å². The standard InChI is InChI=1S/C21H20N6OS/c1-29-21-24-12-15(13-25-21)17-10-18(27-6-8-28-9-7-27)26-20-16(17)3-5-23-19(20)14-2-4-22-11-14/h2-5,10,12-13H,6-9,11H2,1H3. The third-order valence-electron chi connectivity index (χ3n) is 5.12. The Kier molecular flexibility index (Phi) is 4.95. The van der Waals surface area contributed by atoms with Crippen molar-refractivity contribution in [3.8, 4) is 11.1 Å². The lowest BCUT2D eigenvalue weighted by molar-refractivity contribution is 0.122. The number of fused-ring (bicyclic) bond motifs is 1. The van der Waals surface area contributed by atoms with Crippen LogP contribution in [0.5, 0.6) is 0 Å². The van der Waals surface area contributed by atoms with Crippen LogP contribution >= 0.6 is 11.8 Å². The molecule has 0 bridgehead atoms. The summed E-state index contributed by atoms with van der Waals surface area (Å²) >= 11 is 1.53. The highest BCUT2D eigenvalue weighted by atomic mass is 32.2. The molecule has 0 atom stereocenters. The minimum atomic E-state index is 0.635. The first kappa shape index (κ1) is 18.2. The topological polar surface area (TPSA) is 76.4 Å². The third-order valence-corrected chi connectivity index (χ3v) is 5.69. The number of allylic oxidation sites excluding steroid dienone is 1. The van der Waals surface area contributed by atoms with Crippen LogP contribution in [0.25, 0.3) is 27.6 Å². The van der Waals surface area contributed by atoms with Crippen LogP contribution in [0.15, 0.2) is 46.9 Å². The predicted octanol–water partition coefficient (Wildman–Crippen LogP) is 3.11. The zero-order chi connectivity index (χ0) is 19.6. The molecule has 3 aromatic rings. The van der Waals surface area contributed by atoms with Gasteiger partial charge in [-0.3, -0.25) is 9.98 Å². The zero-order valence-electron chi connectivity index (χ0n) is 16.1. The van der Waals surface area contributed by atoms with Crippen molar-refractivity contribution in [2.45, 2.75) is 5.16 Å². The Balaban J connectivity index is 1.72. The molecule has 3 aromatic heterocycles. The average molecular weight is 404 g/mol. The van der Waals surface area contributed by atoms with Crippen LogP contribution in [0.1, 0.15) is 5.69 Å². The largest absolute Gasteiger partial charge is 0.378 e. The molecule has 8 heteroatoms. The molecule has 0 amide bonds. The summed E-state index contributed by atoms with van der Waals surface area (Å²) in [5, 5.41) is 1.80. The molecule has 0 unspecified atom stereocenters. The van der Waals surface area contributed by atoms with Crippen molar-refractivity contribution in [2.24, 2.45) is 4.99 Å². The molecule has 1 saturated heterocycles. The van der Waals surface area contributed by atoms with E-state index in [1.165, 1.54) is 11.8 Å². The van der Waals surface area contributed by atoms with Gasteiger partial charge in [-0.1, -0.05) is 11.8 Å². The van der Waals surface area contributed by atoms with Gasteiger partial charge in [-0.15, -0.1) is 0 Å². The second-order valence-electron chi connectivity index (χ2n) is 6.82. The summed E-state index contributed by atoms with van der Waals surface area (Å²) in [6.45, 7) is 3.69. The Hall–Kier alpha value is -2.84. The van der Waals surface area contributed by atoms with E-state index in [2.05, 4.69) is 30.9 Å². The van der Waals surface area contributed by atoms with Gasteiger partial charge in [0.25, 0.3) is 0 Å². The van der Waals surface area contributed by atoms with Gasteiger partial charge in [0.15, 0.2) is 5.16 Å². The number of aromatic nitrogens is 4. The highest BCUT2D eigenvalue weighted by molar-refractivity contribution is 7.98. The highest BCUT2D eigenvalue weighted by Gasteiger charge is 2.19. The van der Waals surface area contributed by atoms with Crippen molar-refractivity contribution < 1.29 is 4.74 Å². The number of ether oxygens (including phenoxy) is 1. The van der Waals surface area contributed by atoms with Gasteiger partial charge in [-0.25, -0.2) is 15.0 Å². The maximum absolute atomic E-state index is 5.52. The molecule has 0 spiro atoms. The molecule has 2 aliphatic rings. The van der Waals surface area contributed by atoms with Crippen LogP contribution in [0.4, 0.5) is 5.82 Å². The summed E-state index contributed by atoms with van der Waals surface area (Å²) in [5.41, 5.74) is 4.89. The van der Waals surface area contributed by atoms with E-state index in [4.69, 9.17) is 9.72 Å². The smallest absolute Gasteiger partial charge is 0.187 e. The van der Waals surface area contributed by atoms with Crippen molar-refractivity contribution in [3.63, 3.8) is 0 Å². The molecule has 0 radical (unpaired) electrons. The fourth-order valence-corrected chi connectivity index (χ4v) is 3.94. The van der Waals surface area contributed by atoms with Gasteiger partial charge >= 0.3 is 0 Å². The van der Waals surface area contributed by atoms with Gasteiger partial charge in [0.1, 0.15) is 5.82 Å². The number of morpholine rings is 1. The van der Waals surface area contributed by atoms with Gasteiger partial charge < -0.3 is 9.64 Å². The van der Waals surface area contributed by atoms with Crippen molar-refractivity contribution in [1.29, 1.82) is 0 Å². The molecular weight excluding hydrogens is 384 g/mol. The first-order chi connectivity index (χ1) is 14.3. The fraction of sp³-hybridized carbons (Fsp3) is 0.286. The van der Waals surface area contributed by atoms with Crippen LogP contribution in [-0.4, -0.2) is 65.3 Å². The van der Waals surface area contributed by atoms with Crippen molar-refractivity contribution in [2.75, 3.05) is 44.0 Å². The molecule has 0 saturated carbocycles. The van der Waals surface area contributed by atoms with Crippen molar-refractivity contribution in [1.82, 2.24) is 19.9 Å². The average Bonchev–Trinajstić information content (AvgIpc) is 3.33. The van der Waals surface area contributed by atoms with E-state index in [0.29, 0.717) is 19.8 Å². The number of nitrogens with zero attached hydrogens (tertiary/aromatic N) is 6. The van der Waals surface area contributed by atoms with Gasteiger partial charge in [-0.05, 0) is 30.0 Å². The normalized spacial score (nSPS) is 16.4. The van der Waals surface area contributed by atoms with Crippen molar-refractivity contribution in [3.05, 3.63) is 42.5 Å². The summed E-state index contributed by atoms with van der Waals surface area (Å²) in [6.07, 6.45) is 11.4. The van der Waals surface area contributed by atoms with E-state index in [1.54, 1.807) is 0 Å². The van der Waals surface area contributed by atoms with E-state index < -0.39 is 0 Å². The maximum atomic E-state index is 5.52. The minimum absolute atomic E-state index is 0.635. The second kappa shape index (κ2) is 7.88. The Bertz CT molecular complexity index is 1110. The molecule has 5 heterocycles. The molecule has 1 fully saturated rings. The van der Waals surface area contributed by atoms with E-state index in [0.717, 1.165) is 57.4 Å². The first-order valence-corrected chi connectivity index (χ1v) is 10.7. The van der Waals surface area contributed by atoms with Crippen LogP contribution in [0.3, 0.4) is 0 Å².